The molecule has 0 aliphatic rings. The molecule has 0 bridgehead atoms. The lowest BCUT2D eigenvalue weighted by molar-refractivity contribution is -0.136. The number of carbonyl (C=O) groups excluding carboxylic acids is 1. The average molecular weight is 421 g/mol. The molecule has 1 heterocycles. The number of urea groups is 1. The van der Waals surface area contributed by atoms with E-state index in [2.05, 4.69) is 20.9 Å². The summed E-state index contributed by atoms with van der Waals surface area (Å²) in [7, 11) is 0. The molecule has 10 heteroatoms. The predicted molar refractivity (Wildman–Crippen MR) is 104 cm³/mol. The van der Waals surface area contributed by atoms with E-state index in [0.29, 0.717) is 0 Å². The summed E-state index contributed by atoms with van der Waals surface area (Å²) in [5, 5.41) is 12.3. The summed E-state index contributed by atoms with van der Waals surface area (Å²) in [6.07, 6.45) is -0.321. The number of rotatable bonds is 6. The van der Waals surface area contributed by atoms with Crippen molar-refractivity contribution in [3.63, 3.8) is 0 Å². The van der Waals surface area contributed by atoms with Crippen LogP contribution in [0.15, 0.2) is 48.7 Å². The smallest absolute Gasteiger partial charge is 0.308 e. The highest BCUT2D eigenvalue weighted by Gasteiger charge is 2.33. The number of amides is 2. The molecule has 0 spiro atoms. The number of hydrogen-bond donors (Lipinski definition) is 2. The van der Waals surface area contributed by atoms with Crippen molar-refractivity contribution >= 4 is 17.4 Å². The van der Waals surface area contributed by atoms with Gasteiger partial charge >= 0.3 is 12.2 Å². The molecule has 0 saturated carbocycles. The number of benzene rings is 2. The molecule has 0 unspecified atom stereocenters. The highest BCUT2D eigenvalue weighted by Crippen LogP contribution is 2.34. The van der Waals surface area contributed by atoms with E-state index in [9.17, 15) is 22.4 Å². The van der Waals surface area contributed by atoms with Gasteiger partial charge in [0.25, 0.3) is 0 Å². The Morgan fingerprint density at radius 2 is 1.90 bits per heavy atom. The number of halogens is 4. The highest BCUT2D eigenvalue weighted by molar-refractivity contribution is 6.00. The SMILES string of the molecule is CCCCc1cn(-c2ccc(NC(=O)Nc3ccccc3C(F)(F)F)cc2F)nn1. The van der Waals surface area contributed by atoms with Crippen molar-refractivity contribution in [2.24, 2.45) is 0 Å². The standard InChI is InChI=1S/C20H19F4N5O/c1-2-3-6-14-12-29(28-27-14)18-10-9-13(11-16(18)21)25-19(30)26-17-8-5-4-7-15(17)20(22,23)24/h4-5,7-12H,2-3,6H2,1H3,(H2,25,26,30). The third kappa shape index (κ3) is 5.13. The summed E-state index contributed by atoms with van der Waals surface area (Å²) in [5.41, 5.74) is -0.433. The minimum atomic E-state index is -4.62. The molecule has 30 heavy (non-hydrogen) atoms. The van der Waals surface area contributed by atoms with E-state index in [1.165, 1.54) is 28.9 Å². The molecular weight excluding hydrogens is 402 g/mol. The number of carbonyl (C=O) groups is 1. The molecule has 2 N–H and O–H groups in total. The number of anilines is 2. The van der Waals surface area contributed by atoms with Gasteiger partial charge in [0.2, 0.25) is 0 Å². The van der Waals surface area contributed by atoms with E-state index in [4.69, 9.17) is 0 Å². The molecule has 3 aromatic rings. The first-order chi connectivity index (χ1) is 14.3. The molecule has 1 aromatic heterocycles. The van der Waals surface area contributed by atoms with Crippen molar-refractivity contribution in [2.45, 2.75) is 32.4 Å². The van der Waals surface area contributed by atoms with E-state index >= 15 is 0 Å². The lowest BCUT2D eigenvalue weighted by atomic mass is 10.1. The van der Waals surface area contributed by atoms with Crippen LogP contribution in [0.4, 0.5) is 33.7 Å². The van der Waals surface area contributed by atoms with Gasteiger partial charge in [-0.15, -0.1) is 5.10 Å². The third-order valence-corrected chi connectivity index (χ3v) is 4.26. The van der Waals surface area contributed by atoms with Gasteiger partial charge in [-0.25, -0.2) is 13.9 Å². The molecule has 0 fully saturated rings. The van der Waals surface area contributed by atoms with Gasteiger partial charge in [0.05, 0.1) is 23.1 Å². The Kier molecular flexibility index (Phi) is 6.34. The van der Waals surface area contributed by atoms with Crippen LogP contribution in [0.2, 0.25) is 0 Å². The Morgan fingerprint density at radius 3 is 2.60 bits per heavy atom. The van der Waals surface area contributed by atoms with Crippen molar-refractivity contribution < 1.29 is 22.4 Å². The number of hydrogen-bond acceptors (Lipinski definition) is 3. The Bertz CT molecular complexity index is 1030. The van der Waals surface area contributed by atoms with E-state index in [-0.39, 0.29) is 11.4 Å². The molecule has 0 aliphatic heterocycles. The van der Waals surface area contributed by atoms with Crippen LogP contribution in [0, 0.1) is 5.82 Å². The van der Waals surface area contributed by atoms with Gasteiger partial charge in [0, 0.05) is 5.69 Å². The molecule has 6 nitrogen and oxygen atoms in total. The maximum Gasteiger partial charge on any atom is 0.418 e. The Morgan fingerprint density at radius 1 is 1.13 bits per heavy atom. The van der Waals surface area contributed by atoms with Gasteiger partial charge < -0.3 is 10.6 Å². The first kappa shape index (κ1) is 21.3. The van der Waals surface area contributed by atoms with E-state index in [0.717, 1.165) is 43.2 Å². The Hall–Kier alpha value is -3.43. The van der Waals surface area contributed by atoms with Gasteiger partial charge in [0.15, 0.2) is 5.82 Å². The zero-order chi connectivity index (χ0) is 21.7. The topological polar surface area (TPSA) is 71.8 Å². The van der Waals surface area contributed by atoms with Crippen molar-refractivity contribution in [3.05, 3.63) is 65.7 Å². The summed E-state index contributed by atoms with van der Waals surface area (Å²) in [6, 6.07) is 7.52. The summed E-state index contributed by atoms with van der Waals surface area (Å²) in [4.78, 5) is 12.1. The van der Waals surface area contributed by atoms with E-state index in [1.807, 2.05) is 6.92 Å². The number of alkyl halides is 3. The summed E-state index contributed by atoms with van der Waals surface area (Å²) < 4.78 is 54.8. The van der Waals surface area contributed by atoms with Gasteiger partial charge in [-0.1, -0.05) is 30.7 Å². The van der Waals surface area contributed by atoms with Crippen LogP contribution in [0.25, 0.3) is 5.69 Å². The molecular formula is C20H19F4N5O. The Labute approximate surface area is 169 Å². The largest absolute Gasteiger partial charge is 0.418 e. The van der Waals surface area contributed by atoms with Crippen LogP contribution in [0.3, 0.4) is 0 Å². The fourth-order valence-electron chi connectivity index (χ4n) is 2.78. The monoisotopic (exact) mass is 421 g/mol. The number of nitrogens with zero attached hydrogens (tertiary/aromatic N) is 3. The van der Waals surface area contributed by atoms with Crippen molar-refractivity contribution in [1.82, 2.24) is 15.0 Å². The molecule has 0 atom stereocenters. The number of aryl methyl sites for hydroxylation is 1. The third-order valence-electron chi connectivity index (χ3n) is 4.26. The molecule has 0 aliphatic carbocycles. The van der Waals surface area contributed by atoms with Crippen molar-refractivity contribution in [3.8, 4) is 5.69 Å². The molecule has 0 radical (unpaired) electrons. The minimum Gasteiger partial charge on any atom is -0.308 e. The van der Waals surface area contributed by atoms with E-state index in [1.54, 1.807) is 6.20 Å². The normalized spacial score (nSPS) is 11.4. The second kappa shape index (κ2) is 8.93. The van der Waals surface area contributed by atoms with Gasteiger partial charge in [-0.3, -0.25) is 0 Å². The van der Waals surface area contributed by atoms with Crippen molar-refractivity contribution in [1.29, 1.82) is 0 Å². The van der Waals surface area contributed by atoms with Crippen LogP contribution in [0.1, 0.15) is 31.0 Å². The molecule has 2 amide bonds. The summed E-state index contributed by atoms with van der Waals surface area (Å²) in [6.45, 7) is 2.05. The second-order valence-electron chi connectivity index (χ2n) is 6.55. The maximum absolute atomic E-state index is 14.5. The number of unbranched alkanes of at least 4 members (excludes halogenated alkanes) is 1. The first-order valence-electron chi connectivity index (χ1n) is 9.23. The number of aromatic nitrogens is 3. The number of nitrogens with one attached hydrogen (secondary N) is 2. The fourth-order valence-corrected chi connectivity index (χ4v) is 2.78. The van der Waals surface area contributed by atoms with Gasteiger partial charge in [-0.2, -0.15) is 13.2 Å². The first-order valence-corrected chi connectivity index (χ1v) is 9.23. The van der Waals surface area contributed by atoms with Crippen LogP contribution < -0.4 is 10.6 Å². The van der Waals surface area contributed by atoms with Gasteiger partial charge in [0.1, 0.15) is 5.69 Å². The predicted octanol–water partition coefficient (Wildman–Crippen LogP) is 5.41. The fraction of sp³-hybridized carbons (Fsp3) is 0.250. The summed E-state index contributed by atoms with van der Waals surface area (Å²) in [5.74, 6) is -0.671. The molecule has 0 saturated heterocycles. The van der Waals surface area contributed by atoms with Crippen molar-refractivity contribution in [2.75, 3.05) is 10.6 Å². The number of para-hydroxylation sites is 1. The lowest BCUT2D eigenvalue weighted by Gasteiger charge is -2.14. The van der Waals surface area contributed by atoms with Crippen LogP contribution >= 0.6 is 0 Å². The molecule has 158 valence electrons. The van der Waals surface area contributed by atoms with Crippen LogP contribution in [0.5, 0.6) is 0 Å². The molecule has 2 aromatic carbocycles. The van der Waals surface area contributed by atoms with E-state index < -0.39 is 29.3 Å². The van der Waals surface area contributed by atoms with Crippen LogP contribution in [-0.2, 0) is 12.6 Å². The highest BCUT2D eigenvalue weighted by atomic mass is 19.4. The lowest BCUT2D eigenvalue weighted by Crippen LogP contribution is -2.22. The zero-order valence-electron chi connectivity index (χ0n) is 16.0. The second-order valence-corrected chi connectivity index (χ2v) is 6.55. The quantitative estimate of drug-likeness (QED) is 0.523. The summed E-state index contributed by atoms with van der Waals surface area (Å²) >= 11 is 0. The Balaban J connectivity index is 1.70. The zero-order valence-corrected chi connectivity index (χ0v) is 16.0. The minimum absolute atomic E-state index is 0.0737. The van der Waals surface area contributed by atoms with Gasteiger partial charge in [-0.05, 0) is 43.2 Å². The maximum atomic E-state index is 14.5. The average Bonchev–Trinajstić information content (AvgIpc) is 3.14. The van der Waals surface area contributed by atoms with Crippen LogP contribution in [-0.4, -0.2) is 21.0 Å². The molecule has 3 rings (SSSR count).